The first-order valence-corrected chi connectivity index (χ1v) is 7.73. The molecular weight excluding hydrogens is 361 g/mol. The van der Waals surface area contributed by atoms with Crippen LogP contribution in [-0.4, -0.2) is 28.0 Å². The van der Waals surface area contributed by atoms with Crippen LogP contribution in [-0.2, 0) is 14.3 Å². The lowest BCUT2D eigenvalue weighted by molar-refractivity contribution is -0.145. The average Bonchev–Trinajstić information content (AvgIpc) is 2.52. The average molecular weight is 372 g/mol. The molecule has 0 spiro atoms. The number of nitrogens with one attached hydrogen (secondary N) is 2. The smallest absolute Gasteiger partial charge is 0.317 e. The predicted octanol–water partition coefficient (Wildman–Crippen LogP) is 1.44. The van der Waals surface area contributed by atoms with Gasteiger partial charge in [-0.25, -0.2) is 0 Å². The number of aromatic amines is 1. The zero-order valence-electron chi connectivity index (χ0n) is 12.3. The molecule has 1 aromatic carbocycles. The van der Waals surface area contributed by atoms with Crippen LogP contribution in [0, 0.1) is 0 Å². The van der Waals surface area contributed by atoms with E-state index in [0.717, 1.165) is 4.57 Å². The van der Waals surface area contributed by atoms with Crippen molar-refractivity contribution in [3.05, 3.63) is 36.8 Å². The number of hydrogen-bond acceptors (Lipinski definition) is 5. The highest BCUT2D eigenvalue weighted by atomic mass is 35.5. The number of esters is 1. The van der Waals surface area contributed by atoms with Crippen LogP contribution in [0.15, 0.2) is 15.7 Å². The predicted molar refractivity (Wildman–Crippen MR) is 87.8 cm³/mol. The molecule has 0 bridgehead atoms. The largest absolute Gasteiger partial charge is 0.466 e. The molecule has 1 aromatic heterocycles. The number of hydrogen-bond donors (Lipinski definition) is 2. The van der Waals surface area contributed by atoms with Gasteiger partial charge in [0.2, 0.25) is 5.91 Å². The quantitative estimate of drug-likeness (QED) is 0.626. The number of ether oxygens (including phenoxy) is 1. The van der Waals surface area contributed by atoms with Crippen molar-refractivity contribution in [1.29, 1.82) is 0 Å². The minimum absolute atomic E-state index is 0.0345. The Kier molecular flexibility index (Phi) is 4.10. The van der Waals surface area contributed by atoms with Crippen LogP contribution < -0.4 is 16.4 Å². The van der Waals surface area contributed by atoms with E-state index >= 15 is 0 Å². The molecule has 2 N–H and O–H groups in total. The molecule has 24 heavy (non-hydrogen) atoms. The Morgan fingerprint density at radius 3 is 2.71 bits per heavy atom. The molecule has 2 heterocycles. The number of nitrogens with zero attached hydrogens (tertiary/aromatic N) is 1. The van der Waals surface area contributed by atoms with E-state index in [1.165, 1.54) is 6.07 Å². The van der Waals surface area contributed by atoms with Crippen molar-refractivity contribution >= 4 is 51.8 Å². The van der Waals surface area contributed by atoms with Crippen LogP contribution in [0.3, 0.4) is 0 Å². The molecule has 0 radical (unpaired) electrons. The summed E-state index contributed by atoms with van der Waals surface area (Å²) in [6.07, 6.45) is -0.391. The van der Waals surface area contributed by atoms with Gasteiger partial charge in [0.25, 0.3) is 0 Å². The third-order valence-electron chi connectivity index (χ3n) is 3.62. The molecule has 0 fully saturated rings. The maximum absolute atomic E-state index is 12.4. The van der Waals surface area contributed by atoms with E-state index in [1.54, 1.807) is 6.92 Å². The normalized spacial score (nSPS) is 16.1. The second-order valence-electron chi connectivity index (χ2n) is 5.09. The van der Waals surface area contributed by atoms with Crippen LogP contribution in [0.2, 0.25) is 10.0 Å². The number of H-pyrrole nitrogens is 1. The van der Waals surface area contributed by atoms with E-state index in [1.807, 2.05) is 0 Å². The molecule has 8 nitrogen and oxygen atoms in total. The van der Waals surface area contributed by atoms with Gasteiger partial charge in [-0.05, 0) is 13.0 Å². The van der Waals surface area contributed by atoms with Crippen molar-refractivity contribution in [3.63, 3.8) is 0 Å². The number of benzene rings is 1. The van der Waals surface area contributed by atoms with Crippen molar-refractivity contribution in [1.82, 2.24) is 9.55 Å². The number of anilines is 1. The summed E-state index contributed by atoms with van der Waals surface area (Å²) < 4.78 is 5.78. The molecule has 126 valence electrons. The number of carbonyl (C=O) groups excluding carboxylic acids is 2. The molecular formula is C14H11Cl2N3O5. The van der Waals surface area contributed by atoms with Crippen molar-refractivity contribution in [3.8, 4) is 0 Å². The van der Waals surface area contributed by atoms with Crippen LogP contribution in [0.25, 0.3) is 11.0 Å². The highest BCUT2D eigenvalue weighted by Gasteiger charge is 2.34. The first-order chi connectivity index (χ1) is 11.3. The zero-order valence-corrected chi connectivity index (χ0v) is 13.8. The minimum Gasteiger partial charge on any atom is -0.466 e. The third kappa shape index (κ3) is 2.47. The number of carbonyl (C=O) groups is 2. The summed E-state index contributed by atoms with van der Waals surface area (Å²) in [4.78, 5) is 50.7. The van der Waals surface area contributed by atoms with E-state index < -0.39 is 35.5 Å². The molecule has 1 aliphatic heterocycles. The van der Waals surface area contributed by atoms with Gasteiger partial charge in [0, 0.05) is 0 Å². The maximum atomic E-state index is 12.4. The van der Waals surface area contributed by atoms with Gasteiger partial charge in [-0.2, -0.15) is 0 Å². The van der Waals surface area contributed by atoms with Gasteiger partial charge in [-0.3, -0.25) is 23.7 Å². The summed E-state index contributed by atoms with van der Waals surface area (Å²) in [7, 11) is 0. The second-order valence-corrected chi connectivity index (χ2v) is 5.87. The summed E-state index contributed by atoms with van der Waals surface area (Å²) in [6, 6.07) is 0.157. The summed E-state index contributed by atoms with van der Waals surface area (Å²) in [5.41, 5.74) is -1.37. The van der Waals surface area contributed by atoms with Gasteiger partial charge in [0.15, 0.2) is 0 Å². The molecule has 0 saturated heterocycles. The van der Waals surface area contributed by atoms with E-state index in [9.17, 15) is 19.2 Å². The van der Waals surface area contributed by atoms with Crippen molar-refractivity contribution in [2.75, 3.05) is 11.9 Å². The zero-order chi connectivity index (χ0) is 17.6. The Balaban J connectivity index is 2.33. The highest BCUT2D eigenvalue weighted by molar-refractivity contribution is 6.45. The summed E-state index contributed by atoms with van der Waals surface area (Å²) >= 11 is 12.1. The summed E-state index contributed by atoms with van der Waals surface area (Å²) in [6.45, 7) is 1.75. The van der Waals surface area contributed by atoms with Gasteiger partial charge < -0.3 is 15.0 Å². The fourth-order valence-corrected chi connectivity index (χ4v) is 3.04. The molecule has 0 saturated carbocycles. The standard InChI is InChI=1S/C14H11Cl2N3O5/c1-2-24-8(20)4-7-12(21)18-10-9(16)5(15)3-6-11(10)19(7)14(23)13(22)17-6/h3,7H,2,4H2,1H3,(H,17,22)(H,18,21). The Hall–Kier alpha value is -2.32. The van der Waals surface area contributed by atoms with Gasteiger partial charge >= 0.3 is 17.1 Å². The van der Waals surface area contributed by atoms with Crippen LogP contribution in [0.5, 0.6) is 0 Å². The van der Waals surface area contributed by atoms with Crippen molar-refractivity contribution in [2.24, 2.45) is 0 Å². The molecule has 1 unspecified atom stereocenters. The molecule has 1 amide bonds. The third-order valence-corrected chi connectivity index (χ3v) is 4.41. The fraction of sp³-hybridized carbons (Fsp3) is 0.286. The van der Waals surface area contributed by atoms with E-state index in [0.29, 0.717) is 0 Å². The monoisotopic (exact) mass is 371 g/mol. The first kappa shape index (κ1) is 16.5. The highest BCUT2D eigenvalue weighted by Crippen LogP contribution is 2.39. The van der Waals surface area contributed by atoms with Gasteiger partial charge in [-0.1, -0.05) is 23.2 Å². The molecule has 3 rings (SSSR count). The van der Waals surface area contributed by atoms with Gasteiger partial charge in [0.05, 0.1) is 39.8 Å². The van der Waals surface area contributed by atoms with E-state index in [4.69, 9.17) is 27.9 Å². The molecule has 1 atom stereocenters. The Morgan fingerprint density at radius 1 is 1.33 bits per heavy atom. The number of aromatic nitrogens is 2. The summed E-state index contributed by atoms with van der Waals surface area (Å²) in [5, 5.41) is 2.67. The molecule has 0 aliphatic carbocycles. The van der Waals surface area contributed by atoms with Crippen molar-refractivity contribution < 1.29 is 14.3 Å². The SMILES string of the molecule is CCOC(=O)CC1C(=O)Nc2c(Cl)c(Cl)cc3[nH]c(=O)c(=O)n1c23. The Bertz CT molecular complexity index is 995. The Labute approximate surface area is 144 Å². The molecule has 1 aliphatic rings. The number of halogens is 2. The molecule has 10 heteroatoms. The van der Waals surface area contributed by atoms with Crippen LogP contribution >= 0.6 is 23.2 Å². The van der Waals surface area contributed by atoms with Gasteiger partial charge in [0.1, 0.15) is 6.04 Å². The van der Waals surface area contributed by atoms with Crippen molar-refractivity contribution in [2.45, 2.75) is 19.4 Å². The van der Waals surface area contributed by atoms with Gasteiger partial charge in [-0.15, -0.1) is 0 Å². The van der Waals surface area contributed by atoms with Crippen LogP contribution in [0.4, 0.5) is 5.69 Å². The molecule has 2 aromatic rings. The first-order valence-electron chi connectivity index (χ1n) is 6.98. The fourth-order valence-electron chi connectivity index (χ4n) is 2.65. The van der Waals surface area contributed by atoms with E-state index in [2.05, 4.69) is 10.3 Å². The Morgan fingerprint density at radius 2 is 2.04 bits per heavy atom. The minimum atomic E-state index is -1.22. The topological polar surface area (TPSA) is 110 Å². The van der Waals surface area contributed by atoms with E-state index in [-0.39, 0.29) is 33.4 Å². The number of amides is 1. The number of rotatable bonds is 3. The van der Waals surface area contributed by atoms with Crippen LogP contribution in [0.1, 0.15) is 19.4 Å². The maximum Gasteiger partial charge on any atom is 0.317 e. The second kappa shape index (κ2) is 5.95. The lowest BCUT2D eigenvalue weighted by atomic mass is 10.1. The summed E-state index contributed by atoms with van der Waals surface area (Å²) in [5.74, 6) is -1.32. The lowest BCUT2D eigenvalue weighted by Crippen LogP contribution is -2.45. The lowest BCUT2D eigenvalue weighted by Gasteiger charge is -2.27.